The van der Waals surface area contributed by atoms with Crippen molar-refractivity contribution >= 4 is 5.96 Å². The first-order valence-corrected chi connectivity index (χ1v) is 6.46. The van der Waals surface area contributed by atoms with Crippen LogP contribution in [0.4, 0.5) is 0 Å². The number of hydrogen-bond donors (Lipinski definition) is 1. The second kappa shape index (κ2) is 9.49. The van der Waals surface area contributed by atoms with Crippen LogP contribution in [0.3, 0.4) is 0 Å². The summed E-state index contributed by atoms with van der Waals surface area (Å²) in [4.78, 5) is 6.19. The van der Waals surface area contributed by atoms with Crippen LogP contribution in [0, 0.1) is 5.92 Å². The maximum absolute atomic E-state index is 4.18. The minimum Gasteiger partial charge on any atom is -0.356 e. The quantitative estimate of drug-likeness (QED) is 0.411. The van der Waals surface area contributed by atoms with Crippen LogP contribution in [0.15, 0.2) is 4.99 Å². The van der Waals surface area contributed by atoms with Crippen LogP contribution in [0.2, 0.25) is 0 Å². The molecule has 0 saturated heterocycles. The van der Waals surface area contributed by atoms with E-state index in [0.717, 1.165) is 18.4 Å². The molecule has 96 valence electrons. The van der Waals surface area contributed by atoms with E-state index in [1.165, 1.54) is 32.1 Å². The Morgan fingerprint density at radius 1 is 1.12 bits per heavy atom. The molecule has 0 unspecified atom stereocenters. The molecule has 0 atom stereocenters. The number of unbranched alkanes of at least 4 members (excludes halogenated alkanes) is 3. The van der Waals surface area contributed by atoms with Gasteiger partial charge in [-0.25, -0.2) is 0 Å². The fourth-order valence-corrected chi connectivity index (χ4v) is 1.67. The second-order valence-electron chi connectivity index (χ2n) is 4.97. The van der Waals surface area contributed by atoms with Crippen LogP contribution in [0.5, 0.6) is 0 Å². The molecule has 0 spiro atoms. The smallest absolute Gasteiger partial charge is 0.193 e. The van der Waals surface area contributed by atoms with Gasteiger partial charge in [0, 0.05) is 27.7 Å². The average Bonchev–Trinajstić information content (AvgIpc) is 2.21. The molecule has 0 rings (SSSR count). The first kappa shape index (κ1) is 15.3. The molecule has 0 aliphatic carbocycles. The van der Waals surface area contributed by atoms with Gasteiger partial charge in [0.05, 0.1) is 0 Å². The normalized spacial score (nSPS) is 12.0. The first-order chi connectivity index (χ1) is 7.57. The fourth-order valence-electron chi connectivity index (χ4n) is 1.67. The SMILES string of the molecule is CN=C(NCCCCCCC(C)C)N(C)C. The maximum Gasteiger partial charge on any atom is 0.193 e. The van der Waals surface area contributed by atoms with Crippen molar-refractivity contribution in [3.63, 3.8) is 0 Å². The summed E-state index contributed by atoms with van der Waals surface area (Å²) in [5.74, 6) is 1.83. The number of rotatable bonds is 7. The third kappa shape index (κ3) is 8.57. The predicted octanol–water partition coefficient (Wildman–Crippen LogP) is 2.73. The number of guanidine groups is 1. The van der Waals surface area contributed by atoms with E-state index in [0.29, 0.717) is 0 Å². The molecule has 0 aromatic rings. The highest BCUT2D eigenvalue weighted by Gasteiger charge is 1.98. The van der Waals surface area contributed by atoms with Crippen molar-refractivity contribution in [3.05, 3.63) is 0 Å². The Morgan fingerprint density at radius 3 is 2.25 bits per heavy atom. The van der Waals surface area contributed by atoms with Crippen LogP contribution in [-0.2, 0) is 0 Å². The van der Waals surface area contributed by atoms with E-state index in [2.05, 4.69) is 24.2 Å². The molecule has 0 amide bonds. The molecule has 3 heteroatoms. The van der Waals surface area contributed by atoms with Crippen molar-refractivity contribution in [1.82, 2.24) is 10.2 Å². The van der Waals surface area contributed by atoms with Crippen molar-refractivity contribution < 1.29 is 0 Å². The van der Waals surface area contributed by atoms with Gasteiger partial charge in [0.15, 0.2) is 5.96 Å². The summed E-state index contributed by atoms with van der Waals surface area (Å²) in [6.45, 7) is 5.62. The summed E-state index contributed by atoms with van der Waals surface area (Å²) in [5, 5.41) is 3.34. The zero-order valence-corrected chi connectivity index (χ0v) is 11.7. The number of hydrogen-bond acceptors (Lipinski definition) is 1. The predicted molar refractivity (Wildman–Crippen MR) is 73.0 cm³/mol. The van der Waals surface area contributed by atoms with Crippen LogP contribution in [0.25, 0.3) is 0 Å². The van der Waals surface area contributed by atoms with Crippen LogP contribution in [-0.4, -0.2) is 38.5 Å². The number of nitrogens with zero attached hydrogens (tertiary/aromatic N) is 2. The Kier molecular flexibility index (Phi) is 9.06. The lowest BCUT2D eigenvalue weighted by Gasteiger charge is -2.16. The van der Waals surface area contributed by atoms with E-state index in [-0.39, 0.29) is 0 Å². The molecule has 0 heterocycles. The van der Waals surface area contributed by atoms with Crippen molar-refractivity contribution in [2.24, 2.45) is 10.9 Å². The van der Waals surface area contributed by atoms with E-state index in [9.17, 15) is 0 Å². The van der Waals surface area contributed by atoms with Gasteiger partial charge in [-0.15, -0.1) is 0 Å². The Balaban J connectivity index is 3.33. The lowest BCUT2D eigenvalue weighted by atomic mass is 10.0. The Bertz CT molecular complexity index is 186. The second-order valence-corrected chi connectivity index (χ2v) is 4.97. The summed E-state index contributed by atoms with van der Waals surface area (Å²) < 4.78 is 0. The summed E-state index contributed by atoms with van der Waals surface area (Å²) in [5.41, 5.74) is 0. The molecule has 0 fully saturated rings. The highest BCUT2D eigenvalue weighted by molar-refractivity contribution is 5.79. The van der Waals surface area contributed by atoms with Crippen LogP contribution in [0.1, 0.15) is 46.0 Å². The van der Waals surface area contributed by atoms with Gasteiger partial charge in [0.2, 0.25) is 0 Å². The number of aliphatic imine (C=N–C) groups is 1. The lowest BCUT2D eigenvalue weighted by Crippen LogP contribution is -2.36. The monoisotopic (exact) mass is 227 g/mol. The van der Waals surface area contributed by atoms with Crippen LogP contribution >= 0.6 is 0 Å². The van der Waals surface area contributed by atoms with Crippen molar-refractivity contribution in [3.8, 4) is 0 Å². The van der Waals surface area contributed by atoms with Gasteiger partial charge in [-0.3, -0.25) is 4.99 Å². The zero-order chi connectivity index (χ0) is 12.4. The maximum atomic E-state index is 4.18. The standard InChI is InChI=1S/C13H29N3/c1-12(2)10-8-6-7-9-11-15-13(14-3)16(4)5/h12H,6-11H2,1-5H3,(H,14,15). The van der Waals surface area contributed by atoms with Crippen molar-refractivity contribution in [2.75, 3.05) is 27.7 Å². The minimum absolute atomic E-state index is 0.852. The van der Waals surface area contributed by atoms with Gasteiger partial charge >= 0.3 is 0 Å². The largest absolute Gasteiger partial charge is 0.356 e. The number of nitrogens with one attached hydrogen (secondary N) is 1. The van der Waals surface area contributed by atoms with Gasteiger partial charge in [-0.1, -0.05) is 39.5 Å². The van der Waals surface area contributed by atoms with Gasteiger partial charge in [-0.2, -0.15) is 0 Å². The molecule has 0 aromatic carbocycles. The topological polar surface area (TPSA) is 27.6 Å². The van der Waals surface area contributed by atoms with Crippen molar-refractivity contribution in [1.29, 1.82) is 0 Å². The summed E-state index contributed by atoms with van der Waals surface area (Å²) in [6.07, 6.45) is 6.67. The van der Waals surface area contributed by atoms with E-state index >= 15 is 0 Å². The highest BCUT2D eigenvalue weighted by atomic mass is 15.3. The summed E-state index contributed by atoms with van der Waals surface area (Å²) in [6, 6.07) is 0. The Labute approximate surface area is 101 Å². The van der Waals surface area contributed by atoms with Crippen molar-refractivity contribution in [2.45, 2.75) is 46.0 Å². The van der Waals surface area contributed by atoms with E-state index in [4.69, 9.17) is 0 Å². The minimum atomic E-state index is 0.852. The fraction of sp³-hybridized carbons (Fsp3) is 0.923. The zero-order valence-electron chi connectivity index (χ0n) is 11.7. The Morgan fingerprint density at radius 2 is 1.75 bits per heavy atom. The van der Waals surface area contributed by atoms with E-state index in [1.54, 1.807) is 0 Å². The molecule has 0 aromatic heterocycles. The molecular weight excluding hydrogens is 198 g/mol. The molecule has 1 N–H and O–H groups in total. The lowest BCUT2D eigenvalue weighted by molar-refractivity contribution is 0.515. The van der Waals surface area contributed by atoms with E-state index < -0.39 is 0 Å². The molecule has 0 aliphatic rings. The summed E-state index contributed by atoms with van der Waals surface area (Å²) >= 11 is 0. The molecule has 0 aliphatic heterocycles. The van der Waals surface area contributed by atoms with E-state index in [1.807, 2.05) is 26.0 Å². The van der Waals surface area contributed by atoms with Crippen LogP contribution < -0.4 is 5.32 Å². The van der Waals surface area contributed by atoms with Gasteiger partial charge in [0.25, 0.3) is 0 Å². The molecule has 0 bridgehead atoms. The molecule has 0 radical (unpaired) electrons. The average molecular weight is 227 g/mol. The molecular formula is C13H29N3. The Hall–Kier alpha value is -0.730. The third-order valence-corrected chi connectivity index (χ3v) is 2.63. The van der Waals surface area contributed by atoms with Gasteiger partial charge in [-0.05, 0) is 12.3 Å². The summed E-state index contributed by atoms with van der Waals surface area (Å²) in [7, 11) is 5.85. The first-order valence-electron chi connectivity index (χ1n) is 6.46. The van der Waals surface area contributed by atoms with Gasteiger partial charge in [0.1, 0.15) is 0 Å². The molecule has 0 saturated carbocycles. The third-order valence-electron chi connectivity index (χ3n) is 2.63. The molecule has 3 nitrogen and oxygen atoms in total. The highest BCUT2D eigenvalue weighted by Crippen LogP contribution is 2.08. The molecule has 16 heavy (non-hydrogen) atoms. The van der Waals surface area contributed by atoms with Gasteiger partial charge < -0.3 is 10.2 Å².